The molecule has 0 bridgehead atoms. The molecule has 5 aromatic heterocycles. The second-order valence-corrected chi connectivity index (χ2v) is 21.4. The lowest BCUT2D eigenvalue weighted by atomic mass is 9.93. The van der Waals surface area contributed by atoms with Crippen molar-refractivity contribution in [2.45, 2.75) is 63.6 Å². The van der Waals surface area contributed by atoms with E-state index in [1.807, 2.05) is 77.8 Å². The maximum absolute atomic E-state index is 13.8. The number of anilines is 4. The molecule has 412 valence electrons. The average Bonchev–Trinajstić information content (AvgIpc) is 4.41. The number of nitrogens with zero attached hydrogens (tertiary/aromatic N) is 12. The molecule has 5 aliphatic heterocycles. The quantitative estimate of drug-likeness (QED) is 0.0953. The van der Waals surface area contributed by atoms with Crippen molar-refractivity contribution in [3.05, 3.63) is 138 Å². The van der Waals surface area contributed by atoms with Crippen LogP contribution in [0.5, 0.6) is 0 Å². The summed E-state index contributed by atoms with van der Waals surface area (Å²) in [4.78, 5) is 102. The SMILES string of the molecule is Cn1cc(-c2ccc3cnc(NC(=O)c4ccnc(N5CCN(CCC#Cc6ccc(N7CCC(C(=O)N8CCC(n9cc(CNc%10cccc%11c%10C(=O)N(C%10CCC(=O)NC%10=O)C%11=O)cn9)CC8)CC7)nc6)CC5)c4)cc3c2)cn1. The molecule has 12 rings (SSSR count). The molecule has 4 saturated heterocycles. The number of carbonyl (C=O) groups excluding carboxylic acids is 6. The zero-order chi connectivity index (χ0) is 55.6. The van der Waals surface area contributed by atoms with Crippen molar-refractivity contribution in [2.24, 2.45) is 13.0 Å². The minimum Gasteiger partial charge on any atom is -0.380 e. The summed E-state index contributed by atoms with van der Waals surface area (Å²) in [5, 5.41) is 19.4. The molecule has 0 saturated carbocycles. The highest BCUT2D eigenvalue weighted by molar-refractivity contribution is 6.25. The summed E-state index contributed by atoms with van der Waals surface area (Å²) in [6.45, 7) is 7.35. The number of hydrogen-bond donors (Lipinski definition) is 3. The lowest BCUT2D eigenvalue weighted by Gasteiger charge is -2.37. The molecule has 1 atom stereocenters. The fraction of sp³-hybridized carbons (Fsp3) is 0.350. The highest BCUT2D eigenvalue weighted by atomic mass is 16.2. The number of amides is 6. The fourth-order valence-corrected chi connectivity index (χ4v) is 11.6. The standard InChI is InChI=1S/C60H61N15O6/c1-69-38-46(36-65-69)42-9-10-44-35-63-51(30-45(44)29-42)67-56(77)43-14-19-61-53(31-43)72-27-25-70(26-28-72)20-3-2-5-39-8-12-52(64-32-39)71-21-15-41(16-22-71)58(79)73-23-17-47(18-24-73)74-37-40(34-66-74)33-62-49-7-4-6-48-55(49)60(81)75(59(48)80)50-11-13-54(76)68-57(50)78/h4,6-10,12,14,19,29-32,34-38,41,47,50,62H,3,11,13,15-18,20-28,33H2,1H3,(H,63,67,77)(H,68,76,78). The topological polar surface area (TPSA) is 229 Å². The number of carbonyl (C=O) groups is 6. The first kappa shape index (κ1) is 52.4. The Balaban J connectivity index is 0.548. The van der Waals surface area contributed by atoms with Crippen LogP contribution in [0.1, 0.15) is 93.2 Å². The highest BCUT2D eigenvalue weighted by Crippen LogP contribution is 2.34. The molecule has 21 nitrogen and oxygen atoms in total. The van der Waals surface area contributed by atoms with E-state index in [0.29, 0.717) is 36.7 Å². The number of fused-ring (bicyclic) bond motifs is 2. The predicted molar refractivity (Wildman–Crippen MR) is 303 cm³/mol. The number of piperidine rings is 3. The van der Waals surface area contributed by atoms with Crippen molar-refractivity contribution in [1.82, 2.24) is 54.5 Å². The Morgan fingerprint density at radius 1 is 0.728 bits per heavy atom. The monoisotopic (exact) mass is 1090 g/mol. The predicted octanol–water partition coefficient (Wildman–Crippen LogP) is 5.53. The van der Waals surface area contributed by atoms with Gasteiger partial charge in [0.2, 0.25) is 17.7 Å². The van der Waals surface area contributed by atoms with Crippen LogP contribution in [0.25, 0.3) is 21.9 Å². The summed E-state index contributed by atoms with van der Waals surface area (Å²) >= 11 is 0. The molecule has 81 heavy (non-hydrogen) atoms. The van der Waals surface area contributed by atoms with Gasteiger partial charge in [-0.15, -0.1) is 0 Å². The smallest absolute Gasteiger partial charge is 0.264 e. The van der Waals surface area contributed by atoms with Crippen molar-refractivity contribution < 1.29 is 28.8 Å². The largest absolute Gasteiger partial charge is 0.380 e. The fourth-order valence-electron chi connectivity index (χ4n) is 11.6. The maximum Gasteiger partial charge on any atom is 0.264 e. The number of nitrogens with one attached hydrogen (secondary N) is 3. The van der Waals surface area contributed by atoms with E-state index in [9.17, 15) is 28.8 Å². The highest BCUT2D eigenvalue weighted by Gasteiger charge is 2.45. The van der Waals surface area contributed by atoms with E-state index in [1.54, 1.807) is 47.5 Å². The molecule has 7 aromatic rings. The van der Waals surface area contributed by atoms with Crippen LogP contribution in [0.2, 0.25) is 0 Å². The third-order valence-corrected chi connectivity index (χ3v) is 16.2. The van der Waals surface area contributed by atoms with Crippen molar-refractivity contribution in [3.8, 4) is 23.0 Å². The first-order chi connectivity index (χ1) is 39.5. The van der Waals surface area contributed by atoms with Gasteiger partial charge >= 0.3 is 0 Å². The number of piperazine rings is 1. The second-order valence-electron chi connectivity index (χ2n) is 21.4. The summed E-state index contributed by atoms with van der Waals surface area (Å²) in [5.41, 5.74) is 5.25. The number of pyridine rings is 3. The van der Waals surface area contributed by atoms with E-state index >= 15 is 0 Å². The first-order valence-electron chi connectivity index (χ1n) is 27.7. The van der Waals surface area contributed by atoms with Crippen LogP contribution < -0.4 is 25.8 Å². The van der Waals surface area contributed by atoms with Gasteiger partial charge < -0.3 is 25.3 Å². The number of aryl methyl sites for hydroxylation is 1. The number of benzene rings is 2. The van der Waals surface area contributed by atoms with E-state index in [4.69, 9.17) is 4.98 Å². The minimum absolute atomic E-state index is 0.0263. The lowest BCUT2D eigenvalue weighted by Crippen LogP contribution is -2.54. The van der Waals surface area contributed by atoms with Gasteiger partial charge in [-0.05, 0) is 91.6 Å². The van der Waals surface area contributed by atoms with E-state index < -0.39 is 29.7 Å². The van der Waals surface area contributed by atoms with E-state index in [2.05, 4.69) is 68.7 Å². The number of likely N-dealkylation sites (tertiary alicyclic amines) is 1. The molecule has 5 aliphatic rings. The van der Waals surface area contributed by atoms with Gasteiger partial charge in [-0.1, -0.05) is 30.0 Å². The summed E-state index contributed by atoms with van der Waals surface area (Å²) < 4.78 is 3.73. The molecular formula is C60H61N15O6. The molecule has 3 N–H and O–H groups in total. The molecule has 0 radical (unpaired) electrons. The van der Waals surface area contributed by atoms with Gasteiger partial charge in [0.25, 0.3) is 17.7 Å². The number of hydrogen-bond acceptors (Lipinski definition) is 15. The van der Waals surface area contributed by atoms with Gasteiger partial charge in [0.15, 0.2) is 0 Å². The van der Waals surface area contributed by atoms with Crippen LogP contribution in [0.3, 0.4) is 0 Å². The first-order valence-corrected chi connectivity index (χ1v) is 27.7. The minimum atomic E-state index is -1.03. The maximum atomic E-state index is 13.8. The van der Waals surface area contributed by atoms with Crippen molar-refractivity contribution in [1.29, 1.82) is 0 Å². The normalized spacial score (nSPS) is 18.2. The van der Waals surface area contributed by atoms with Crippen molar-refractivity contribution in [2.75, 3.05) is 79.3 Å². The van der Waals surface area contributed by atoms with Crippen LogP contribution in [-0.2, 0) is 28.0 Å². The molecule has 1 unspecified atom stereocenters. The number of imide groups is 2. The molecular weight excluding hydrogens is 1030 g/mol. The molecule has 6 amide bonds. The van der Waals surface area contributed by atoms with E-state index in [1.165, 1.54) is 0 Å². The van der Waals surface area contributed by atoms with Crippen LogP contribution in [0.15, 0.2) is 110 Å². The van der Waals surface area contributed by atoms with Crippen LogP contribution in [-0.4, -0.2) is 150 Å². The Kier molecular flexibility index (Phi) is 14.8. The van der Waals surface area contributed by atoms with E-state index in [-0.39, 0.29) is 47.7 Å². The number of aromatic nitrogens is 7. The van der Waals surface area contributed by atoms with Crippen LogP contribution in [0, 0.1) is 17.8 Å². The molecule has 2 aromatic carbocycles. The van der Waals surface area contributed by atoms with Gasteiger partial charge in [0.1, 0.15) is 23.5 Å². The van der Waals surface area contributed by atoms with Gasteiger partial charge in [-0.25, -0.2) is 15.0 Å². The van der Waals surface area contributed by atoms with Gasteiger partial charge in [-0.3, -0.25) is 53.2 Å². The van der Waals surface area contributed by atoms with Crippen molar-refractivity contribution >= 4 is 69.4 Å². The molecule has 4 fully saturated rings. The Morgan fingerprint density at radius 2 is 1.56 bits per heavy atom. The molecule has 0 aliphatic carbocycles. The van der Waals surface area contributed by atoms with Gasteiger partial charge in [-0.2, -0.15) is 10.2 Å². The Morgan fingerprint density at radius 3 is 2.33 bits per heavy atom. The van der Waals surface area contributed by atoms with Crippen LogP contribution >= 0.6 is 0 Å². The zero-order valence-corrected chi connectivity index (χ0v) is 45.0. The molecule has 0 spiro atoms. The summed E-state index contributed by atoms with van der Waals surface area (Å²) in [6, 6.07) is 19.8. The Bertz CT molecular complexity index is 3630. The summed E-state index contributed by atoms with van der Waals surface area (Å²) in [7, 11) is 1.89. The summed E-state index contributed by atoms with van der Waals surface area (Å²) in [5.74, 6) is 6.54. The van der Waals surface area contributed by atoms with Gasteiger partial charge in [0, 0.05) is 156 Å². The average molecular weight is 1090 g/mol. The van der Waals surface area contributed by atoms with E-state index in [0.717, 1.165) is 127 Å². The van der Waals surface area contributed by atoms with Gasteiger partial charge in [0.05, 0.1) is 29.6 Å². The number of rotatable bonds is 13. The lowest BCUT2D eigenvalue weighted by molar-refractivity contribution is -0.138. The zero-order valence-electron chi connectivity index (χ0n) is 45.0. The third kappa shape index (κ3) is 11.3. The van der Waals surface area contributed by atoms with Crippen LogP contribution in [0.4, 0.5) is 23.1 Å². The Labute approximate surface area is 467 Å². The van der Waals surface area contributed by atoms with Crippen molar-refractivity contribution in [3.63, 3.8) is 0 Å². The summed E-state index contributed by atoms with van der Waals surface area (Å²) in [6.07, 6.45) is 16.8. The molecule has 21 heteroatoms. The second kappa shape index (κ2) is 22.8. The Hall–Kier alpha value is -9.29. The molecule has 10 heterocycles. The third-order valence-electron chi connectivity index (χ3n) is 16.2.